The number of halogens is 3. The molecule has 0 heterocycles. The van der Waals surface area contributed by atoms with Gasteiger partial charge in [0.1, 0.15) is 11.6 Å². The predicted octanol–water partition coefficient (Wildman–Crippen LogP) is 4.41. The minimum absolute atomic E-state index is 0.0153. The predicted molar refractivity (Wildman–Crippen MR) is 94.6 cm³/mol. The van der Waals surface area contributed by atoms with Crippen LogP contribution in [0.15, 0.2) is 56.4 Å². The van der Waals surface area contributed by atoms with Crippen molar-refractivity contribution in [3.63, 3.8) is 0 Å². The molecule has 1 aliphatic rings. The number of Topliss-reactive ketones (excluding diaryl/α,β-unsaturated/α-hetero) is 1. The molecule has 0 aliphatic heterocycles. The average molecular weight is 444 g/mol. The van der Waals surface area contributed by atoms with E-state index in [1.54, 1.807) is 6.92 Å². The number of ketones is 1. The molecule has 0 unspecified atom stereocenters. The van der Waals surface area contributed by atoms with Gasteiger partial charge in [-0.25, -0.2) is 4.39 Å². The Hall–Kier alpha value is -1.73. The number of rotatable bonds is 4. The maximum atomic E-state index is 13.5. The first-order valence-electron chi connectivity index (χ1n) is 6.70. The standard InChI is InChI=1S/C16H13Br2FN2O2/c1-2-21-14(10-7-9(19)3-4-13(10)20)15(22)8-5-11(17)16(23)12(18)6-8/h3-7,20-21,23H,2H2,1H3/b14-10-,20-13?. The highest BCUT2D eigenvalue weighted by molar-refractivity contribution is 9.11. The zero-order valence-corrected chi connectivity index (χ0v) is 15.3. The van der Waals surface area contributed by atoms with Crippen molar-refractivity contribution in [3.8, 4) is 5.75 Å². The number of likely N-dealkylation sites (N-methyl/N-ethyl adjacent to an activating group) is 1. The normalized spacial score (nSPS) is 16.2. The van der Waals surface area contributed by atoms with Gasteiger partial charge < -0.3 is 15.8 Å². The van der Waals surface area contributed by atoms with E-state index >= 15 is 0 Å². The molecule has 23 heavy (non-hydrogen) atoms. The van der Waals surface area contributed by atoms with Crippen molar-refractivity contribution < 1.29 is 14.3 Å². The van der Waals surface area contributed by atoms with Gasteiger partial charge in [0.25, 0.3) is 0 Å². The van der Waals surface area contributed by atoms with E-state index in [9.17, 15) is 14.3 Å². The molecule has 1 aromatic carbocycles. The topological polar surface area (TPSA) is 73.2 Å². The molecule has 120 valence electrons. The Labute approximate surface area is 149 Å². The summed E-state index contributed by atoms with van der Waals surface area (Å²) in [4.78, 5) is 12.8. The fourth-order valence-corrected chi connectivity index (χ4v) is 3.23. The molecule has 0 amide bonds. The molecule has 1 aliphatic carbocycles. The van der Waals surface area contributed by atoms with Gasteiger partial charge in [-0.3, -0.25) is 4.79 Å². The Kier molecular flexibility index (Phi) is 5.54. The van der Waals surface area contributed by atoms with E-state index in [1.807, 2.05) is 0 Å². The highest BCUT2D eigenvalue weighted by Crippen LogP contribution is 2.34. The van der Waals surface area contributed by atoms with Crippen molar-refractivity contribution in [3.05, 3.63) is 62.0 Å². The van der Waals surface area contributed by atoms with Crippen LogP contribution in [-0.4, -0.2) is 23.1 Å². The van der Waals surface area contributed by atoms with E-state index in [0.717, 1.165) is 6.08 Å². The summed E-state index contributed by atoms with van der Waals surface area (Å²) in [7, 11) is 0. The molecule has 0 saturated heterocycles. The first kappa shape index (κ1) is 17.6. The van der Waals surface area contributed by atoms with Crippen molar-refractivity contribution in [2.24, 2.45) is 0 Å². The van der Waals surface area contributed by atoms with Gasteiger partial charge in [-0.05, 0) is 69.1 Å². The summed E-state index contributed by atoms with van der Waals surface area (Å²) < 4.78 is 14.2. The first-order valence-corrected chi connectivity index (χ1v) is 8.28. The lowest BCUT2D eigenvalue weighted by atomic mass is 9.97. The zero-order chi connectivity index (χ0) is 17.1. The molecule has 4 nitrogen and oxygen atoms in total. The fourth-order valence-electron chi connectivity index (χ4n) is 2.04. The Balaban J connectivity index is 2.57. The summed E-state index contributed by atoms with van der Waals surface area (Å²) in [6.45, 7) is 2.25. The minimum Gasteiger partial charge on any atom is -0.506 e. The Morgan fingerprint density at radius 2 is 1.91 bits per heavy atom. The van der Waals surface area contributed by atoms with Crippen LogP contribution in [0, 0.1) is 5.41 Å². The molecule has 1 aromatic rings. The summed E-state index contributed by atoms with van der Waals surface area (Å²) in [6.07, 6.45) is 3.63. The number of hydrogen-bond acceptors (Lipinski definition) is 4. The van der Waals surface area contributed by atoms with Crippen molar-refractivity contribution >= 4 is 43.4 Å². The molecular formula is C16H13Br2FN2O2. The minimum atomic E-state index is -0.521. The van der Waals surface area contributed by atoms with Crippen LogP contribution in [-0.2, 0) is 0 Å². The molecule has 2 rings (SSSR count). The molecule has 0 fully saturated rings. The van der Waals surface area contributed by atoms with Gasteiger partial charge >= 0.3 is 0 Å². The number of aromatic hydroxyl groups is 1. The van der Waals surface area contributed by atoms with Crippen LogP contribution >= 0.6 is 31.9 Å². The van der Waals surface area contributed by atoms with Gasteiger partial charge in [-0.1, -0.05) is 0 Å². The van der Waals surface area contributed by atoms with Crippen molar-refractivity contribution in [1.29, 1.82) is 5.41 Å². The Morgan fingerprint density at radius 1 is 1.30 bits per heavy atom. The van der Waals surface area contributed by atoms with Crippen LogP contribution in [0.5, 0.6) is 5.75 Å². The van der Waals surface area contributed by atoms with Crippen LogP contribution < -0.4 is 5.32 Å². The summed E-state index contributed by atoms with van der Waals surface area (Å²) in [6, 6.07) is 2.95. The molecule has 0 radical (unpaired) electrons. The SMILES string of the molecule is CCN/C(C(=O)c1cc(Br)c(O)c(Br)c1)=C1/C=C(F)C=CC1=N. The lowest BCUT2D eigenvalue weighted by Gasteiger charge is -2.15. The molecule has 0 spiro atoms. The molecule has 0 bridgehead atoms. The average Bonchev–Trinajstić information content (AvgIpc) is 2.51. The number of benzene rings is 1. The molecule has 0 aromatic heterocycles. The third-order valence-corrected chi connectivity index (χ3v) is 4.32. The zero-order valence-electron chi connectivity index (χ0n) is 12.1. The summed E-state index contributed by atoms with van der Waals surface area (Å²) in [5.74, 6) is -0.932. The number of carbonyl (C=O) groups is 1. The second kappa shape index (κ2) is 7.23. The number of hydrogen-bond donors (Lipinski definition) is 3. The maximum absolute atomic E-state index is 13.5. The Morgan fingerprint density at radius 3 is 2.48 bits per heavy atom. The lowest BCUT2D eigenvalue weighted by molar-refractivity contribution is 0.102. The van der Waals surface area contributed by atoms with Crippen LogP contribution in [0.4, 0.5) is 4.39 Å². The quantitative estimate of drug-likeness (QED) is 0.476. The molecule has 0 atom stereocenters. The van der Waals surface area contributed by atoms with Crippen molar-refractivity contribution in [2.75, 3.05) is 6.54 Å². The van der Waals surface area contributed by atoms with E-state index < -0.39 is 11.6 Å². The van der Waals surface area contributed by atoms with Gasteiger partial charge in [0, 0.05) is 17.7 Å². The number of nitrogens with one attached hydrogen (secondary N) is 2. The molecular weight excluding hydrogens is 431 g/mol. The van der Waals surface area contributed by atoms with Gasteiger partial charge in [0.2, 0.25) is 5.78 Å². The smallest absolute Gasteiger partial charge is 0.209 e. The van der Waals surface area contributed by atoms with Gasteiger partial charge in [-0.15, -0.1) is 0 Å². The third kappa shape index (κ3) is 3.79. The number of phenolic OH excluding ortho intramolecular Hbond substituents is 1. The van der Waals surface area contributed by atoms with E-state index in [4.69, 9.17) is 5.41 Å². The summed E-state index contributed by atoms with van der Waals surface area (Å²) >= 11 is 6.35. The van der Waals surface area contributed by atoms with E-state index in [2.05, 4.69) is 37.2 Å². The molecule has 7 heteroatoms. The summed E-state index contributed by atoms with van der Waals surface area (Å²) in [5, 5.41) is 20.6. The van der Waals surface area contributed by atoms with Crippen LogP contribution in [0.2, 0.25) is 0 Å². The highest BCUT2D eigenvalue weighted by Gasteiger charge is 2.21. The van der Waals surface area contributed by atoms with E-state index in [-0.39, 0.29) is 22.7 Å². The molecule has 0 saturated carbocycles. The third-order valence-electron chi connectivity index (χ3n) is 3.11. The van der Waals surface area contributed by atoms with Gasteiger partial charge in [-0.2, -0.15) is 0 Å². The number of carbonyl (C=O) groups excluding carboxylic acids is 1. The van der Waals surface area contributed by atoms with Crippen molar-refractivity contribution in [2.45, 2.75) is 6.92 Å². The van der Waals surface area contributed by atoms with Crippen LogP contribution in [0.3, 0.4) is 0 Å². The lowest BCUT2D eigenvalue weighted by Crippen LogP contribution is -2.24. The highest BCUT2D eigenvalue weighted by atomic mass is 79.9. The fraction of sp³-hybridized carbons (Fsp3) is 0.125. The van der Waals surface area contributed by atoms with Gasteiger partial charge in [0.15, 0.2) is 0 Å². The first-order chi connectivity index (χ1) is 10.8. The van der Waals surface area contributed by atoms with Gasteiger partial charge in [0.05, 0.1) is 20.4 Å². The number of phenols is 1. The number of allylic oxidation sites excluding steroid dienone is 6. The Bertz CT molecular complexity index is 759. The van der Waals surface area contributed by atoms with E-state index in [1.165, 1.54) is 24.3 Å². The van der Waals surface area contributed by atoms with Crippen LogP contribution in [0.1, 0.15) is 17.3 Å². The second-order valence-electron chi connectivity index (χ2n) is 4.71. The molecule has 3 N–H and O–H groups in total. The van der Waals surface area contributed by atoms with Crippen molar-refractivity contribution in [1.82, 2.24) is 5.32 Å². The largest absolute Gasteiger partial charge is 0.506 e. The van der Waals surface area contributed by atoms with E-state index in [0.29, 0.717) is 21.1 Å². The summed E-state index contributed by atoms with van der Waals surface area (Å²) in [5.41, 5.74) is 0.674. The second-order valence-corrected chi connectivity index (χ2v) is 6.42. The van der Waals surface area contributed by atoms with Crippen LogP contribution in [0.25, 0.3) is 0 Å². The maximum Gasteiger partial charge on any atom is 0.209 e. The monoisotopic (exact) mass is 442 g/mol.